The average molecular weight is 299 g/mol. The van der Waals surface area contributed by atoms with E-state index in [1.54, 1.807) is 0 Å². The number of H-pyrrole nitrogens is 1. The molecule has 22 heavy (non-hydrogen) atoms. The highest BCUT2D eigenvalue weighted by atomic mass is 16.2. The minimum atomic E-state index is -0.250. The van der Waals surface area contributed by atoms with Crippen molar-refractivity contribution in [3.05, 3.63) is 35.5 Å². The van der Waals surface area contributed by atoms with E-state index in [0.29, 0.717) is 32.4 Å². The van der Waals surface area contributed by atoms with E-state index in [0.717, 1.165) is 22.2 Å². The molecule has 3 rings (SSSR count). The monoisotopic (exact) mass is 299 g/mol. The molecule has 3 N–H and O–H groups in total. The van der Waals surface area contributed by atoms with E-state index in [1.807, 2.05) is 24.0 Å². The van der Waals surface area contributed by atoms with Gasteiger partial charge in [-0.2, -0.15) is 0 Å². The van der Waals surface area contributed by atoms with Gasteiger partial charge >= 0.3 is 0 Å². The Kier molecular flexibility index (Phi) is 3.88. The number of rotatable bonds is 3. The van der Waals surface area contributed by atoms with Crippen LogP contribution in [0.2, 0.25) is 0 Å². The third-order valence-electron chi connectivity index (χ3n) is 4.43. The lowest BCUT2D eigenvalue weighted by molar-refractivity contribution is -0.134. The number of hydrogen-bond donors (Lipinski definition) is 2. The minimum absolute atomic E-state index is 0.0803. The first-order valence-electron chi connectivity index (χ1n) is 7.68. The zero-order valence-corrected chi connectivity index (χ0v) is 12.8. The van der Waals surface area contributed by atoms with E-state index in [4.69, 9.17) is 5.73 Å². The quantitative estimate of drug-likeness (QED) is 0.905. The summed E-state index contributed by atoms with van der Waals surface area (Å²) in [5, 5.41) is 1.13. The molecule has 0 unspecified atom stereocenters. The number of benzene rings is 1. The van der Waals surface area contributed by atoms with E-state index < -0.39 is 0 Å². The Bertz CT molecular complexity index is 712. The maximum absolute atomic E-state index is 12.4. The minimum Gasteiger partial charge on any atom is -0.369 e. The fourth-order valence-corrected chi connectivity index (χ4v) is 3.14. The van der Waals surface area contributed by atoms with Crippen molar-refractivity contribution in [2.75, 3.05) is 13.1 Å². The molecule has 1 aromatic carbocycles. The highest BCUT2D eigenvalue weighted by molar-refractivity contribution is 5.84. The number of nitrogens with two attached hydrogens (primary N) is 1. The van der Waals surface area contributed by atoms with Crippen molar-refractivity contribution in [3.63, 3.8) is 0 Å². The number of primary amides is 1. The molecule has 1 fully saturated rings. The number of nitrogens with zero attached hydrogens (tertiary/aromatic N) is 1. The van der Waals surface area contributed by atoms with Crippen LogP contribution in [0.15, 0.2) is 24.3 Å². The van der Waals surface area contributed by atoms with Gasteiger partial charge in [0.05, 0.1) is 6.42 Å². The predicted octanol–water partition coefficient (Wildman–Crippen LogP) is 1.74. The Hall–Kier alpha value is -2.30. The summed E-state index contributed by atoms with van der Waals surface area (Å²) < 4.78 is 0. The van der Waals surface area contributed by atoms with Gasteiger partial charge in [0.15, 0.2) is 0 Å². The summed E-state index contributed by atoms with van der Waals surface area (Å²) in [7, 11) is 0. The number of hydrogen-bond acceptors (Lipinski definition) is 2. The molecule has 0 spiro atoms. The zero-order chi connectivity index (χ0) is 15.7. The largest absolute Gasteiger partial charge is 0.369 e. The first-order chi connectivity index (χ1) is 10.5. The van der Waals surface area contributed by atoms with Crippen LogP contribution in [-0.4, -0.2) is 34.8 Å². The molecule has 5 nitrogen and oxygen atoms in total. The van der Waals surface area contributed by atoms with Crippen LogP contribution in [0.4, 0.5) is 0 Å². The molecule has 0 radical (unpaired) electrons. The lowest BCUT2D eigenvalue weighted by Gasteiger charge is -2.30. The summed E-state index contributed by atoms with van der Waals surface area (Å²) in [6.45, 7) is 3.27. The van der Waals surface area contributed by atoms with Crippen molar-refractivity contribution in [3.8, 4) is 0 Å². The normalized spacial score (nSPS) is 16.1. The van der Waals surface area contributed by atoms with E-state index >= 15 is 0 Å². The number of amides is 2. The van der Waals surface area contributed by atoms with Crippen molar-refractivity contribution >= 4 is 22.7 Å². The van der Waals surface area contributed by atoms with E-state index in [-0.39, 0.29) is 17.7 Å². The first-order valence-corrected chi connectivity index (χ1v) is 7.68. The topological polar surface area (TPSA) is 79.2 Å². The molecule has 2 amide bonds. The van der Waals surface area contributed by atoms with Crippen LogP contribution in [0, 0.1) is 12.8 Å². The average Bonchev–Trinajstić information content (AvgIpc) is 2.86. The molecule has 1 aliphatic rings. The smallest absolute Gasteiger partial charge is 0.226 e. The fraction of sp³-hybridized carbons (Fsp3) is 0.412. The van der Waals surface area contributed by atoms with Crippen LogP contribution in [-0.2, 0) is 16.0 Å². The van der Waals surface area contributed by atoms with Crippen molar-refractivity contribution in [2.24, 2.45) is 11.7 Å². The second kappa shape index (κ2) is 5.83. The maximum atomic E-state index is 12.4. The number of carbonyl (C=O) groups is 2. The molecule has 0 bridgehead atoms. The molecule has 0 atom stereocenters. The summed E-state index contributed by atoms with van der Waals surface area (Å²) in [4.78, 5) is 28.7. The SMILES string of the molecule is Cc1cc2cc(CC(=O)N3CCC(C(N)=O)CC3)ccc2[nH]1. The van der Waals surface area contributed by atoms with Crippen molar-refractivity contribution in [1.82, 2.24) is 9.88 Å². The summed E-state index contributed by atoms with van der Waals surface area (Å²) in [5.41, 5.74) is 8.55. The Balaban J connectivity index is 1.64. The third kappa shape index (κ3) is 2.98. The Morgan fingerprint density at radius 1 is 1.27 bits per heavy atom. The molecule has 1 aromatic heterocycles. The van der Waals surface area contributed by atoms with Gasteiger partial charge in [0.25, 0.3) is 0 Å². The van der Waals surface area contributed by atoms with Gasteiger partial charge in [-0.15, -0.1) is 0 Å². The highest BCUT2D eigenvalue weighted by Crippen LogP contribution is 2.20. The predicted molar refractivity (Wildman–Crippen MR) is 85.2 cm³/mol. The standard InChI is InChI=1S/C17H21N3O2/c1-11-8-14-9-12(2-3-15(14)19-11)10-16(21)20-6-4-13(5-7-20)17(18)22/h2-3,8-9,13,19H,4-7,10H2,1H3,(H2,18,22). The van der Waals surface area contributed by atoms with Crippen LogP contribution >= 0.6 is 0 Å². The molecular formula is C17H21N3O2. The second-order valence-electron chi connectivity index (χ2n) is 6.11. The van der Waals surface area contributed by atoms with Crippen LogP contribution in [0.1, 0.15) is 24.1 Å². The number of fused-ring (bicyclic) bond motifs is 1. The van der Waals surface area contributed by atoms with Crippen molar-refractivity contribution in [2.45, 2.75) is 26.2 Å². The van der Waals surface area contributed by atoms with Gasteiger partial charge in [0.1, 0.15) is 0 Å². The number of piperidine rings is 1. The van der Waals surface area contributed by atoms with Gasteiger partial charge in [-0.25, -0.2) is 0 Å². The third-order valence-corrected chi connectivity index (χ3v) is 4.43. The van der Waals surface area contributed by atoms with Gasteiger partial charge in [0.2, 0.25) is 11.8 Å². The number of aryl methyl sites for hydroxylation is 1. The number of aromatic nitrogens is 1. The van der Waals surface area contributed by atoms with Crippen LogP contribution in [0.3, 0.4) is 0 Å². The molecule has 2 aromatic rings. The number of likely N-dealkylation sites (tertiary alicyclic amines) is 1. The molecule has 1 saturated heterocycles. The van der Waals surface area contributed by atoms with E-state index in [2.05, 4.69) is 17.1 Å². The summed E-state index contributed by atoms with van der Waals surface area (Å²) in [5.74, 6) is -0.210. The maximum Gasteiger partial charge on any atom is 0.226 e. The second-order valence-corrected chi connectivity index (χ2v) is 6.11. The molecule has 1 aliphatic heterocycles. The molecular weight excluding hydrogens is 278 g/mol. The molecule has 116 valence electrons. The molecule has 0 saturated carbocycles. The number of carbonyl (C=O) groups excluding carboxylic acids is 2. The lowest BCUT2D eigenvalue weighted by Crippen LogP contribution is -2.42. The molecule has 0 aliphatic carbocycles. The van der Waals surface area contributed by atoms with E-state index in [1.165, 1.54) is 0 Å². The lowest BCUT2D eigenvalue weighted by atomic mass is 9.96. The summed E-state index contributed by atoms with van der Waals surface area (Å²) in [6, 6.07) is 8.16. The Morgan fingerprint density at radius 2 is 2.00 bits per heavy atom. The molecule has 2 heterocycles. The summed E-state index contributed by atoms with van der Waals surface area (Å²) in [6.07, 6.45) is 1.76. The zero-order valence-electron chi connectivity index (χ0n) is 12.8. The fourth-order valence-electron chi connectivity index (χ4n) is 3.14. The van der Waals surface area contributed by atoms with Crippen LogP contribution in [0.25, 0.3) is 10.9 Å². The first kappa shape index (κ1) is 14.6. The van der Waals surface area contributed by atoms with Gasteiger partial charge < -0.3 is 15.6 Å². The van der Waals surface area contributed by atoms with Crippen molar-refractivity contribution < 1.29 is 9.59 Å². The van der Waals surface area contributed by atoms with Crippen LogP contribution < -0.4 is 5.73 Å². The van der Waals surface area contributed by atoms with E-state index in [9.17, 15) is 9.59 Å². The van der Waals surface area contributed by atoms with Gasteiger partial charge in [-0.05, 0) is 48.9 Å². The Morgan fingerprint density at radius 3 is 2.68 bits per heavy atom. The highest BCUT2D eigenvalue weighted by Gasteiger charge is 2.25. The van der Waals surface area contributed by atoms with Gasteiger partial charge in [-0.3, -0.25) is 9.59 Å². The number of aromatic amines is 1. The Labute approximate surface area is 129 Å². The number of nitrogens with one attached hydrogen (secondary N) is 1. The summed E-state index contributed by atoms with van der Waals surface area (Å²) >= 11 is 0. The van der Waals surface area contributed by atoms with Crippen molar-refractivity contribution in [1.29, 1.82) is 0 Å². The van der Waals surface area contributed by atoms with Gasteiger partial charge in [0, 0.05) is 30.2 Å². The van der Waals surface area contributed by atoms with Gasteiger partial charge in [-0.1, -0.05) is 6.07 Å². The molecule has 5 heteroatoms. The van der Waals surface area contributed by atoms with Crippen LogP contribution in [0.5, 0.6) is 0 Å².